The molecule has 2 aromatic carbocycles. The van der Waals surface area contributed by atoms with E-state index in [1.807, 2.05) is 42.5 Å². The third-order valence-corrected chi connectivity index (χ3v) is 7.29. The molecule has 1 aliphatic heterocycles. The van der Waals surface area contributed by atoms with Crippen LogP contribution in [0.1, 0.15) is 23.1 Å². The van der Waals surface area contributed by atoms with Crippen molar-refractivity contribution in [3.8, 4) is 0 Å². The maximum absolute atomic E-state index is 13.6. The molecule has 1 spiro atoms. The minimum Gasteiger partial charge on any atom is -0.395 e. The molecule has 190 valence electrons. The van der Waals surface area contributed by atoms with Crippen LogP contribution in [0.15, 0.2) is 66.2 Å². The standard InChI is InChI=1S/C28H32N2O6/c1-30(22(26(33)29-11-12-31)13-18-7-3-2-4-8-18)27(34)21-14-23(32)25-24(15-21)35-28(36-25)16-19-9-5-6-10-20(19)17-28/h2-10,15,22-25,31-32H,11-14,16-17H2,1H3,(H,29,33)/t22-,23-,24-,25+/m1/s1. The molecule has 4 atom stereocenters. The Bertz CT molecular complexity index is 1120. The highest BCUT2D eigenvalue weighted by Gasteiger charge is 2.54. The molecule has 2 aliphatic carbocycles. The molecule has 8 heteroatoms. The molecule has 0 bridgehead atoms. The number of aliphatic hydroxyl groups is 2. The Labute approximate surface area is 210 Å². The average Bonchev–Trinajstić information content (AvgIpc) is 3.44. The van der Waals surface area contributed by atoms with Gasteiger partial charge in [0, 0.05) is 44.8 Å². The van der Waals surface area contributed by atoms with Gasteiger partial charge in [-0.1, -0.05) is 54.6 Å². The van der Waals surface area contributed by atoms with Crippen molar-refractivity contribution in [3.05, 3.63) is 82.9 Å². The first-order valence-corrected chi connectivity index (χ1v) is 12.4. The van der Waals surface area contributed by atoms with Crippen LogP contribution in [0.4, 0.5) is 0 Å². The van der Waals surface area contributed by atoms with E-state index in [0.29, 0.717) is 24.8 Å². The molecule has 0 saturated carbocycles. The van der Waals surface area contributed by atoms with Gasteiger partial charge in [0.25, 0.3) is 0 Å². The third-order valence-electron chi connectivity index (χ3n) is 7.29. The van der Waals surface area contributed by atoms with Gasteiger partial charge in [-0.15, -0.1) is 0 Å². The van der Waals surface area contributed by atoms with Gasteiger partial charge in [-0.25, -0.2) is 0 Å². The number of ether oxygens (including phenoxy) is 2. The van der Waals surface area contributed by atoms with Crippen molar-refractivity contribution in [1.29, 1.82) is 0 Å². The second kappa shape index (κ2) is 10.1. The van der Waals surface area contributed by atoms with E-state index in [0.717, 1.165) is 5.56 Å². The lowest BCUT2D eigenvalue weighted by molar-refractivity contribution is -0.171. The molecular weight excluding hydrogens is 460 g/mol. The second-order valence-corrected chi connectivity index (χ2v) is 9.80. The maximum atomic E-state index is 13.6. The van der Waals surface area contributed by atoms with E-state index in [2.05, 4.69) is 17.4 Å². The van der Waals surface area contributed by atoms with Gasteiger partial charge in [-0.3, -0.25) is 9.59 Å². The Kier molecular flexibility index (Phi) is 6.94. The second-order valence-electron chi connectivity index (χ2n) is 9.80. The Morgan fingerprint density at radius 1 is 1.08 bits per heavy atom. The van der Waals surface area contributed by atoms with Gasteiger partial charge in [0.2, 0.25) is 11.8 Å². The Hall–Kier alpha value is -3.04. The van der Waals surface area contributed by atoms with Gasteiger partial charge in [0.15, 0.2) is 5.79 Å². The van der Waals surface area contributed by atoms with Crippen molar-refractivity contribution in [1.82, 2.24) is 10.2 Å². The summed E-state index contributed by atoms with van der Waals surface area (Å²) in [5, 5.41) is 22.7. The molecule has 1 heterocycles. The minimum atomic E-state index is -0.897. The molecule has 1 fully saturated rings. The number of nitrogens with one attached hydrogen (secondary N) is 1. The van der Waals surface area contributed by atoms with Crippen LogP contribution in [0.3, 0.4) is 0 Å². The summed E-state index contributed by atoms with van der Waals surface area (Å²) in [6.07, 6.45) is 1.40. The van der Waals surface area contributed by atoms with Crippen molar-refractivity contribution in [2.24, 2.45) is 0 Å². The quantitative estimate of drug-likeness (QED) is 0.535. The summed E-state index contributed by atoms with van der Waals surface area (Å²) in [6, 6.07) is 16.8. The van der Waals surface area contributed by atoms with E-state index < -0.39 is 30.1 Å². The fraction of sp³-hybridized carbons (Fsp3) is 0.429. The van der Waals surface area contributed by atoms with Crippen LogP contribution in [-0.4, -0.2) is 77.3 Å². The van der Waals surface area contributed by atoms with Gasteiger partial charge in [-0.05, 0) is 22.8 Å². The highest BCUT2D eigenvalue weighted by atomic mass is 16.8. The summed E-state index contributed by atoms with van der Waals surface area (Å²) >= 11 is 0. The Morgan fingerprint density at radius 2 is 1.75 bits per heavy atom. The van der Waals surface area contributed by atoms with E-state index >= 15 is 0 Å². The van der Waals surface area contributed by atoms with E-state index in [1.54, 1.807) is 13.1 Å². The van der Waals surface area contributed by atoms with Crippen molar-refractivity contribution in [3.63, 3.8) is 0 Å². The van der Waals surface area contributed by atoms with Gasteiger partial charge in [0.05, 0.1) is 12.7 Å². The van der Waals surface area contributed by atoms with Crippen LogP contribution in [0.25, 0.3) is 0 Å². The molecule has 0 aromatic heterocycles. The van der Waals surface area contributed by atoms with Gasteiger partial charge >= 0.3 is 0 Å². The number of likely N-dealkylation sites (N-methyl/N-ethyl adjacent to an activating group) is 1. The molecule has 2 aromatic rings. The molecule has 5 rings (SSSR count). The summed E-state index contributed by atoms with van der Waals surface area (Å²) in [5.74, 6) is -1.52. The molecule has 8 nitrogen and oxygen atoms in total. The summed E-state index contributed by atoms with van der Waals surface area (Å²) < 4.78 is 12.6. The largest absolute Gasteiger partial charge is 0.395 e. The van der Waals surface area contributed by atoms with Crippen LogP contribution >= 0.6 is 0 Å². The van der Waals surface area contributed by atoms with Crippen LogP contribution < -0.4 is 5.32 Å². The van der Waals surface area contributed by atoms with Crippen LogP contribution in [-0.2, 0) is 38.3 Å². The highest BCUT2D eigenvalue weighted by Crippen LogP contribution is 2.44. The molecular formula is C28H32N2O6. The number of aliphatic hydroxyl groups excluding tert-OH is 2. The van der Waals surface area contributed by atoms with Gasteiger partial charge in [0.1, 0.15) is 18.2 Å². The molecule has 3 aliphatic rings. The lowest BCUT2D eigenvalue weighted by Gasteiger charge is -2.32. The zero-order chi connectivity index (χ0) is 25.3. The SMILES string of the molecule is CN(C(=O)C1=C[C@H]2OC3(Cc4ccccc4C3)O[C@H]2[C@H](O)C1)[C@H](Cc1ccccc1)C(=O)NCCO. The normalized spacial score (nSPS) is 24.5. The van der Waals surface area contributed by atoms with Crippen LogP contribution in [0.5, 0.6) is 0 Å². The number of nitrogens with zero attached hydrogens (tertiary/aromatic N) is 1. The number of hydrogen-bond donors (Lipinski definition) is 3. The van der Waals surface area contributed by atoms with Crippen LogP contribution in [0.2, 0.25) is 0 Å². The predicted octanol–water partition coefficient (Wildman–Crippen LogP) is 1.13. The first-order valence-electron chi connectivity index (χ1n) is 12.4. The smallest absolute Gasteiger partial charge is 0.250 e. The number of fused-ring (bicyclic) bond motifs is 2. The zero-order valence-electron chi connectivity index (χ0n) is 20.3. The lowest BCUT2D eigenvalue weighted by Crippen LogP contribution is -2.51. The zero-order valence-corrected chi connectivity index (χ0v) is 20.3. The Morgan fingerprint density at radius 3 is 2.42 bits per heavy atom. The van der Waals surface area contributed by atoms with Gasteiger partial charge in [-0.2, -0.15) is 0 Å². The molecule has 3 N–H and O–H groups in total. The lowest BCUT2D eigenvalue weighted by atomic mass is 9.91. The van der Waals surface area contributed by atoms with Crippen LogP contribution in [0, 0.1) is 0 Å². The molecule has 0 unspecified atom stereocenters. The van der Waals surface area contributed by atoms with Gasteiger partial charge < -0.3 is 29.9 Å². The number of benzene rings is 2. The number of carbonyl (C=O) groups is 2. The van der Waals surface area contributed by atoms with E-state index in [-0.39, 0.29) is 31.4 Å². The average molecular weight is 493 g/mol. The summed E-state index contributed by atoms with van der Waals surface area (Å²) in [7, 11) is 1.59. The number of rotatable bonds is 7. The predicted molar refractivity (Wildman–Crippen MR) is 132 cm³/mol. The first kappa shape index (κ1) is 24.6. The fourth-order valence-corrected chi connectivity index (χ4v) is 5.47. The molecule has 0 radical (unpaired) electrons. The number of hydrogen-bond acceptors (Lipinski definition) is 6. The monoisotopic (exact) mass is 492 g/mol. The fourth-order valence-electron chi connectivity index (χ4n) is 5.47. The van der Waals surface area contributed by atoms with Crippen molar-refractivity contribution >= 4 is 11.8 Å². The number of carbonyl (C=O) groups excluding carboxylic acids is 2. The molecule has 2 amide bonds. The Balaban J connectivity index is 1.34. The van der Waals surface area contributed by atoms with E-state index in [9.17, 15) is 14.7 Å². The van der Waals surface area contributed by atoms with Crippen molar-refractivity contribution in [2.75, 3.05) is 20.2 Å². The molecule has 36 heavy (non-hydrogen) atoms. The highest BCUT2D eigenvalue weighted by molar-refractivity contribution is 5.97. The summed E-state index contributed by atoms with van der Waals surface area (Å²) in [6.45, 7) is -0.0855. The van der Waals surface area contributed by atoms with Crippen molar-refractivity contribution in [2.45, 2.75) is 55.8 Å². The summed E-state index contributed by atoms with van der Waals surface area (Å²) in [4.78, 5) is 27.9. The maximum Gasteiger partial charge on any atom is 0.250 e. The first-order chi connectivity index (χ1) is 17.4. The van der Waals surface area contributed by atoms with E-state index in [1.165, 1.54) is 16.0 Å². The van der Waals surface area contributed by atoms with Crippen molar-refractivity contribution < 1.29 is 29.3 Å². The van der Waals surface area contributed by atoms with E-state index in [4.69, 9.17) is 14.6 Å². The summed E-state index contributed by atoms with van der Waals surface area (Å²) in [5.41, 5.74) is 3.65. The minimum absolute atomic E-state index is 0.104. The third kappa shape index (κ3) is 4.82. The number of amides is 2. The molecule has 1 saturated heterocycles. The topological polar surface area (TPSA) is 108 Å².